The van der Waals surface area contributed by atoms with E-state index in [-0.39, 0.29) is 11.7 Å². The first-order valence-corrected chi connectivity index (χ1v) is 7.67. The minimum absolute atomic E-state index is 0.159. The highest BCUT2D eigenvalue weighted by atomic mass is 127. The number of hydrogen-bond donors (Lipinski definition) is 1. The highest BCUT2D eigenvalue weighted by molar-refractivity contribution is 14.1. The Kier molecular flexibility index (Phi) is 3.84. The van der Waals surface area contributed by atoms with E-state index < -0.39 is 5.60 Å². The van der Waals surface area contributed by atoms with Gasteiger partial charge in [-0.2, -0.15) is 0 Å². The molecule has 1 fully saturated rings. The number of nitrogens with one attached hydrogen (secondary N) is 1. The van der Waals surface area contributed by atoms with Gasteiger partial charge in [0.25, 0.3) is 5.91 Å². The molecule has 0 aliphatic heterocycles. The Balaban J connectivity index is 1.68. The van der Waals surface area contributed by atoms with Crippen molar-refractivity contribution in [2.75, 3.05) is 5.32 Å². The molecule has 0 atom stereocenters. The van der Waals surface area contributed by atoms with Gasteiger partial charge in [-0.25, -0.2) is 4.39 Å². The van der Waals surface area contributed by atoms with Crippen molar-refractivity contribution in [3.63, 3.8) is 0 Å². The predicted molar refractivity (Wildman–Crippen MR) is 86.8 cm³/mol. The molecule has 108 valence electrons. The van der Waals surface area contributed by atoms with Crippen LogP contribution in [0, 0.1) is 9.39 Å². The fourth-order valence-corrected chi connectivity index (χ4v) is 2.36. The van der Waals surface area contributed by atoms with Crippen LogP contribution in [0.25, 0.3) is 0 Å². The summed E-state index contributed by atoms with van der Waals surface area (Å²) in [6.45, 7) is 0. The van der Waals surface area contributed by atoms with Gasteiger partial charge in [0.15, 0.2) is 5.60 Å². The lowest BCUT2D eigenvalue weighted by molar-refractivity contribution is -0.124. The van der Waals surface area contributed by atoms with Crippen LogP contribution < -0.4 is 10.1 Å². The number of hydrogen-bond acceptors (Lipinski definition) is 2. The SMILES string of the molecule is O=C(Nc1ccc(I)cc1)C1(Oc2ccc(F)cc2)CC1. The molecule has 2 aromatic rings. The van der Waals surface area contributed by atoms with Gasteiger partial charge >= 0.3 is 0 Å². The van der Waals surface area contributed by atoms with Crippen LogP contribution in [-0.4, -0.2) is 11.5 Å². The van der Waals surface area contributed by atoms with E-state index in [0.29, 0.717) is 18.6 Å². The van der Waals surface area contributed by atoms with Crippen LogP contribution in [0.5, 0.6) is 5.75 Å². The zero-order valence-electron chi connectivity index (χ0n) is 11.1. The Labute approximate surface area is 135 Å². The van der Waals surface area contributed by atoms with Crippen molar-refractivity contribution in [1.29, 1.82) is 0 Å². The Morgan fingerprint density at radius 3 is 2.29 bits per heavy atom. The van der Waals surface area contributed by atoms with Crippen molar-refractivity contribution in [1.82, 2.24) is 0 Å². The zero-order valence-corrected chi connectivity index (χ0v) is 13.3. The Morgan fingerprint density at radius 2 is 1.71 bits per heavy atom. The summed E-state index contributed by atoms with van der Waals surface area (Å²) in [7, 11) is 0. The summed E-state index contributed by atoms with van der Waals surface area (Å²) in [4.78, 5) is 12.3. The third kappa shape index (κ3) is 3.34. The minimum Gasteiger partial charge on any atom is -0.477 e. The van der Waals surface area contributed by atoms with Crippen molar-refractivity contribution in [2.45, 2.75) is 18.4 Å². The molecule has 1 aliphatic carbocycles. The number of benzene rings is 2. The first kappa shape index (κ1) is 14.3. The molecule has 0 unspecified atom stereocenters. The quantitative estimate of drug-likeness (QED) is 0.793. The third-order valence-corrected chi connectivity index (χ3v) is 4.07. The number of carbonyl (C=O) groups excluding carboxylic acids is 1. The number of amides is 1. The summed E-state index contributed by atoms with van der Waals surface area (Å²) in [5.74, 6) is 0.0234. The van der Waals surface area contributed by atoms with Crippen molar-refractivity contribution >= 4 is 34.2 Å². The normalized spacial score (nSPS) is 15.3. The predicted octanol–water partition coefficient (Wildman–Crippen LogP) is 3.98. The van der Waals surface area contributed by atoms with Crippen LogP contribution >= 0.6 is 22.6 Å². The lowest BCUT2D eigenvalue weighted by Crippen LogP contribution is -2.35. The average molecular weight is 397 g/mol. The van der Waals surface area contributed by atoms with Gasteiger partial charge in [-0.15, -0.1) is 0 Å². The molecule has 0 heterocycles. The van der Waals surface area contributed by atoms with E-state index in [4.69, 9.17) is 4.74 Å². The Bertz CT molecular complexity index is 651. The lowest BCUT2D eigenvalue weighted by Gasteiger charge is -2.17. The molecule has 1 aliphatic rings. The molecule has 5 heteroatoms. The van der Waals surface area contributed by atoms with Crippen LogP contribution in [0.1, 0.15) is 12.8 Å². The molecule has 1 saturated carbocycles. The molecule has 0 aromatic heterocycles. The molecule has 3 nitrogen and oxygen atoms in total. The fourth-order valence-electron chi connectivity index (χ4n) is 2.00. The molecule has 0 saturated heterocycles. The molecule has 0 spiro atoms. The first-order valence-electron chi connectivity index (χ1n) is 6.59. The van der Waals surface area contributed by atoms with E-state index in [1.54, 1.807) is 0 Å². The number of rotatable bonds is 4. The monoisotopic (exact) mass is 397 g/mol. The van der Waals surface area contributed by atoms with Crippen LogP contribution in [0.15, 0.2) is 48.5 Å². The number of carbonyl (C=O) groups is 1. The van der Waals surface area contributed by atoms with E-state index in [1.165, 1.54) is 24.3 Å². The van der Waals surface area contributed by atoms with Crippen LogP contribution in [-0.2, 0) is 4.79 Å². The van der Waals surface area contributed by atoms with Gasteiger partial charge in [-0.3, -0.25) is 4.79 Å². The van der Waals surface area contributed by atoms with E-state index in [1.807, 2.05) is 24.3 Å². The molecule has 1 N–H and O–H groups in total. The van der Waals surface area contributed by atoms with Crippen molar-refractivity contribution < 1.29 is 13.9 Å². The van der Waals surface area contributed by atoms with E-state index >= 15 is 0 Å². The van der Waals surface area contributed by atoms with E-state index in [0.717, 1.165) is 9.26 Å². The maximum absolute atomic E-state index is 12.9. The molecule has 21 heavy (non-hydrogen) atoms. The zero-order chi connectivity index (χ0) is 14.9. The molecule has 2 aromatic carbocycles. The van der Waals surface area contributed by atoms with Gasteiger partial charge in [0.1, 0.15) is 11.6 Å². The first-order chi connectivity index (χ1) is 10.1. The molecule has 0 radical (unpaired) electrons. The largest absolute Gasteiger partial charge is 0.477 e. The highest BCUT2D eigenvalue weighted by Crippen LogP contribution is 2.41. The van der Waals surface area contributed by atoms with Crippen LogP contribution in [0.3, 0.4) is 0 Å². The topological polar surface area (TPSA) is 38.3 Å². The molecule has 1 amide bonds. The van der Waals surface area contributed by atoms with Crippen LogP contribution in [0.4, 0.5) is 10.1 Å². The summed E-state index contributed by atoms with van der Waals surface area (Å²) < 4.78 is 19.7. The van der Waals surface area contributed by atoms with Crippen molar-refractivity contribution in [3.05, 3.63) is 57.9 Å². The van der Waals surface area contributed by atoms with Gasteiger partial charge in [0, 0.05) is 22.1 Å². The Morgan fingerprint density at radius 1 is 1.10 bits per heavy atom. The highest BCUT2D eigenvalue weighted by Gasteiger charge is 2.53. The maximum Gasteiger partial charge on any atom is 0.268 e. The lowest BCUT2D eigenvalue weighted by atomic mass is 10.2. The van der Waals surface area contributed by atoms with Gasteiger partial charge in [0.05, 0.1) is 0 Å². The molecule has 0 bridgehead atoms. The smallest absolute Gasteiger partial charge is 0.268 e. The van der Waals surface area contributed by atoms with Gasteiger partial charge < -0.3 is 10.1 Å². The fraction of sp³-hybridized carbons (Fsp3) is 0.188. The van der Waals surface area contributed by atoms with Gasteiger partial charge in [-0.1, -0.05) is 0 Å². The molecular formula is C16H13FINO2. The second kappa shape index (κ2) is 5.63. The van der Waals surface area contributed by atoms with E-state index in [9.17, 15) is 9.18 Å². The average Bonchev–Trinajstić information content (AvgIpc) is 3.25. The van der Waals surface area contributed by atoms with Gasteiger partial charge in [0.2, 0.25) is 0 Å². The van der Waals surface area contributed by atoms with E-state index in [2.05, 4.69) is 27.9 Å². The summed E-state index contributed by atoms with van der Waals surface area (Å²) >= 11 is 2.21. The molecule has 3 rings (SSSR count). The second-order valence-electron chi connectivity index (χ2n) is 5.01. The second-order valence-corrected chi connectivity index (χ2v) is 6.26. The molecular weight excluding hydrogens is 384 g/mol. The Hall–Kier alpha value is -1.63. The summed E-state index contributed by atoms with van der Waals surface area (Å²) in [5, 5.41) is 2.86. The standard InChI is InChI=1S/C16H13FINO2/c17-11-1-7-14(8-2-11)21-16(9-10-16)15(20)19-13-5-3-12(18)4-6-13/h1-8H,9-10H2,(H,19,20). The number of anilines is 1. The van der Waals surface area contributed by atoms with Crippen molar-refractivity contribution in [2.24, 2.45) is 0 Å². The maximum atomic E-state index is 12.9. The minimum atomic E-state index is -0.819. The number of halogens is 2. The van der Waals surface area contributed by atoms with Gasteiger partial charge in [-0.05, 0) is 71.1 Å². The summed E-state index contributed by atoms with van der Waals surface area (Å²) in [6.07, 6.45) is 1.33. The third-order valence-electron chi connectivity index (χ3n) is 3.35. The summed E-state index contributed by atoms with van der Waals surface area (Å²) in [6, 6.07) is 13.3. The number of ether oxygens (including phenoxy) is 1. The summed E-state index contributed by atoms with van der Waals surface area (Å²) in [5.41, 5.74) is -0.0738. The van der Waals surface area contributed by atoms with Crippen molar-refractivity contribution in [3.8, 4) is 5.75 Å². The van der Waals surface area contributed by atoms with Crippen LogP contribution in [0.2, 0.25) is 0 Å².